The Kier molecular flexibility index (Phi) is 6.91. The predicted molar refractivity (Wildman–Crippen MR) is 112 cm³/mol. The molecule has 0 radical (unpaired) electrons. The van der Waals surface area contributed by atoms with E-state index >= 15 is 0 Å². The fourth-order valence-corrected chi connectivity index (χ4v) is 4.31. The van der Waals surface area contributed by atoms with Gasteiger partial charge in [0.15, 0.2) is 16.6 Å². The van der Waals surface area contributed by atoms with Crippen molar-refractivity contribution < 1.29 is 14.3 Å². The van der Waals surface area contributed by atoms with Gasteiger partial charge in [0.2, 0.25) is 5.91 Å². The Morgan fingerprint density at radius 1 is 1.21 bits per heavy atom. The Balaban J connectivity index is 1.63. The first-order valence-electron chi connectivity index (χ1n) is 9.79. The zero-order valence-electron chi connectivity index (χ0n) is 17.1. The summed E-state index contributed by atoms with van der Waals surface area (Å²) in [5, 5.41) is 5.69. The molecule has 2 aromatic rings. The maximum Gasteiger partial charge on any atom is 0.229 e. The molecule has 1 aromatic carbocycles. The molecule has 0 bridgehead atoms. The lowest BCUT2D eigenvalue weighted by Crippen LogP contribution is -2.30. The van der Waals surface area contributed by atoms with Crippen molar-refractivity contribution in [3.8, 4) is 11.5 Å². The molecule has 1 aliphatic rings. The molecule has 6 nitrogen and oxygen atoms in total. The lowest BCUT2D eigenvalue weighted by Gasteiger charge is -2.29. The summed E-state index contributed by atoms with van der Waals surface area (Å²) < 4.78 is 10.8. The monoisotopic (exact) mass is 403 g/mol. The number of rotatable bonds is 8. The topological polar surface area (TPSA) is 63.7 Å². The minimum absolute atomic E-state index is 0.0536. The van der Waals surface area contributed by atoms with Gasteiger partial charge in [0.25, 0.3) is 0 Å². The summed E-state index contributed by atoms with van der Waals surface area (Å²) in [6.45, 7) is 6.67. The van der Waals surface area contributed by atoms with Crippen LogP contribution in [0.4, 0.5) is 5.13 Å². The summed E-state index contributed by atoms with van der Waals surface area (Å²) in [6, 6.07) is 4.16. The van der Waals surface area contributed by atoms with Gasteiger partial charge in [-0.15, -0.1) is 11.3 Å². The van der Waals surface area contributed by atoms with Crippen LogP contribution < -0.4 is 14.8 Å². The number of carbonyl (C=O) groups excluding carboxylic acids is 1. The third-order valence-electron chi connectivity index (χ3n) is 5.32. The molecular formula is C21H29N3O3S. The summed E-state index contributed by atoms with van der Waals surface area (Å²) in [6.07, 6.45) is 2.67. The van der Waals surface area contributed by atoms with E-state index in [1.54, 1.807) is 14.2 Å². The highest BCUT2D eigenvalue weighted by atomic mass is 32.1. The number of amides is 1. The first-order valence-corrected chi connectivity index (χ1v) is 10.7. The predicted octanol–water partition coefficient (Wildman–Crippen LogP) is 4.09. The number of hydrogen-bond donors (Lipinski definition) is 1. The zero-order valence-corrected chi connectivity index (χ0v) is 17.9. The van der Waals surface area contributed by atoms with Crippen LogP contribution in [0.1, 0.15) is 43.5 Å². The van der Waals surface area contributed by atoms with Crippen LogP contribution in [0, 0.1) is 5.92 Å². The SMILES string of the molecule is CCC(CC)C(=O)Nc1nc(CN2CCc3cc(OC)c(OC)cc3C2)cs1. The Morgan fingerprint density at radius 2 is 1.89 bits per heavy atom. The highest BCUT2D eigenvalue weighted by molar-refractivity contribution is 7.13. The van der Waals surface area contributed by atoms with Gasteiger partial charge in [-0.25, -0.2) is 4.98 Å². The Morgan fingerprint density at radius 3 is 2.54 bits per heavy atom. The lowest BCUT2D eigenvalue weighted by atomic mass is 9.98. The molecule has 1 N–H and O–H groups in total. The summed E-state index contributed by atoms with van der Waals surface area (Å²) in [5.74, 6) is 1.67. The summed E-state index contributed by atoms with van der Waals surface area (Å²) in [5.41, 5.74) is 3.57. The third-order valence-corrected chi connectivity index (χ3v) is 6.13. The highest BCUT2D eigenvalue weighted by Gasteiger charge is 2.21. The number of thiazole rings is 1. The van der Waals surface area contributed by atoms with Crippen molar-refractivity contribution in [3.63, 3.8) is 0 Å². The average Bonchev–Trinajstić information content (AvgIpc) is 3.14. The van der Waals surface area contributed by atoms with Crippen LogP contribution in [0.2, 0.25) is 0 Å². The van der Waals surface area contributed by atoms with Crippen molar-refractivity contribution in [2.45, 2.75) is 46.2 Å². The number of methoxy groups -OCH3 is 2. The van der Waals surface area contributed by atoms with E-state index in [-0.39, 0.29) is 11.8 Å². The molecule has 0 spiro atoms. The number of ether oxygens (including phenoxy) is 2. The van der Waals surface area contributed by atoms with Gasteiger partial charge in [0.1, 0.15) is 0 Å². The van der Waals surface area contributed by atoms with Crippen molar-refractivity contribution in [1.29, 1.82) is 0 Å². The van der Waals surface area contributed by atoms with Gasteiger partial charge in [0, 0.05) is 30.9 Å². The van der Waals surface area contributed by atoms with Crippen LogP contribution in [0.5, 0.6) is 11.5 Å². The molecule has 0 unspecified atom stereocenters. The van der Waals surface area contributed by atoms with Crippen molar-refractivity contribution in [3.05, 3.63) is 34.3 Å². The van der Waals surface area contributed by atoms with Crippen molar-refractivity contribution in [2.75, 3.05) is 26.1 Å². The van der Waals surface area contributed by atoms with Crippen LogP contribution in [0.3, 0.4) is 0 Å². The van der Waals surface area contributed by atoms with E-state index in [4.69, 9.17) is 9.47 Å². The number of nitrogens with one attached hydrogen (secondary N) is 1. The smallest absolute Gasteiger partial charge is 0.229 e. The molecular weight excluding hydrogens is 374 g/mol. The number of hydrogen-bond acceptors (Lipinski definition) is 6. The first-order chi connectivity index (χ1) is 13.6. The second-order valence-corrected chi connectivity index (χ2v) is 7.94. The molecule has 0 saturated heterocycles. The number of aromatic nitrogens is 1. The first kappa shape index (κ1) is 20.6. The van der Waals surface area contributed by atoms with Crippen molar-refractivity contribution in [1.82, 2.24) is 9.88 Å². The quantitative estimate of drug-likeness (QED) is 0.719. The second-order valence-electron chi connectivity index (χ2n) is 7.08. The molecule has 0 saturated carbocycles. The number of nitrogens with zero attached hydrogens (tertiary/aromatic N) is 2. The number of fused-ring (bicyclic) bond motifs is 1. The lowest BCUT2D eigenvalue weighted by molar-refractivity contribution is -0.120. The van der Waals surface area contributed by atoms with E-state index in [1.165, 1.54) is 22.5 Å². The van der Waals surface area contributed by atoms with Gasteiger partial charge in [0.05, 0.1) is 19.9 Å². The van der Waals surface area contributed by atoms with Gasteiger partial charge >= 0.3 is 0 Å². The van der Waals surface area contributed by atoms with Crippen LogP contribution in [0.25, 0.3) is 0 Å². The number of benzene rings is 1. The second kappa shape index (κ2) is 9.39. The maximum atomic E-state index is 12.2. The van der Waals surface area contributed by atoms with Gasteiger partial charge in [-0.3, -0.25) is 9.69 Å². The van der Waals surface area contributed by atoms with E-state index in [0.717, 1.165) is 56.1 Å². The van der Waals surface area contributed by atoms with Gasteiger partial charge < -0.3 is 14.8 Å². The molecule has 7 heteroatoms. The molecule has 152 valence electrons. The van der Waals surface area contributed by atoms with Gasteiger partial charge in [-0.2, -0.15) is 0 Å². The molecule has 3 rings (SSSR count). The van der Waals surface area contributed by atoms with Crippen molar-refractivity contribution >= 4 is 22.4 Å². The largest absolute Gasteiger partial charge is 0.493 e. The Hall–Kier alpha value is -2.12. The molecule has 0 aliphatic carbocycles. The summed E-state index contributed by atoms with van der Waals surface area (Å²) in [4.78, 5) is 19.2. The van der Waals surface area contributed by atoms with Crippen LogP contribution in [0.15, 0.2) is 17.5 Å². The average molecular weight is 404 g/mol. The number of anilines is 1. The fraction of sp³-hybridized carbons (Fsp3) is 0.524. The molecule has 1 aliphatic heterocycles. The number of carbonyl (C=O) groups is 1. The van der Waals surface area contributed by atoms with E-state index in [0.29, 0.717) is 5.13 Å². The van der Waals surface area contributed by atoms with E-state index in [1.807, 2.05) is 19.2 Å². The van der Waals surface area contributed by atoms with Crippen molar-refractivity contribution in [2.24, 2.45) is 5.92 Å². The highest BCUT2D eigenvalue weighted by Crippen LogP contribution is 2.33. The van der Waals surface area contributed by atoms with E-state index in [2.05, 4.69) is 27.3 Å². The fourth-order valence-electron chi connectivity index (χ4n) is 3.61. The summed E-state index contributed by atoms with van der Waals surface area (Å²) >= 11 is 1.50. The van der Waals surface area contributed by atoms with E-state index < -0.39 is 0 Å². The molecule has 28 heavy (non-hydrogen) atoms. The van der Waals surface area contributed by atoms with Crippen LogP contribution >= 0.6 is 11.3 Å². The Bertz CT molecular complexity index is 817. The van der Waals surface area contributed by atoms with Crippen LogP contribution in [-0.4, -0.2) is 36.6 Å². The van der Waals surface area contributed by atoms with Gasteiger partial charge in [-0.05, 0) is 42.5 Å². The normalized spacial score (nSPS) is 14.0. The molecule has 2 heterocycles. The maximum absolute atomic E-state index is 12.2. The molecule has 1 aromatic heterocycles. The van der Waals surface area contributed by atoms with E-state index in [9.17, 15) is 4.79 Å². The standard InChI is InChI=1S/C21H29N3O3S/c1-5-14(6-2)20(25)23-21-22-17(13-28-21)12-24-8-7-15-9-18(26-3)19(27-4)10-16(15)11-24/h9-10,13-14H,5-8,11-12H2,1-4H3,(H,22,23,25). The Labute approximate surface area is 170 Å². The molecule has 0 atom stereocenters. The zero-order chi connectivity index (χ0) is 20.1. The van der Waals surface area contributed by atoms with Crippen LogP contribution in [-0.2, 0) is 24.3 Å². The summed E-state index contributed by atoms with van der Waals surface area (Å²) in [7, 11) is 3.33. The molecule has 1 amide bonds. The minimum Gasteiger partial charge on any atom is -0.493 e. The van der Waals surface area contributed by atoms with Gasteiger partial charge in [-0.1, -0.05) is 13.8 Å². The minimum atomic E-state index is 0.0536. The third kappa shape index (κ3) is 4.64. The molecule has 0 fully saturated rings.